The summed E-state index contributed by atoms with van der Waals surface area (Å²) in [4.78, 5) is 0. The topological polar surface area (TPSA) is 9.23 Å². The Hall–Kier alpha value is 1.46. The third-order valence-corrected chi connectivity index (χ3v) is 1.20. The Kier molecular flexibility index (Phi) is 11.2. The molecule has 0 rings (SSSR count). The van der Waals surface area contributed by atoms with Gasteiger partial charge in [-0.05, 0) is 13.8 Å². The van der Waals surface area contributed by atoms with Gasteiger partial charge >= 0.3 is 23.1 Å². The first-order chi connectivity index (χ1) is 2.27. The van der Waals surface area contributed by atoms with E-state index < -0.39 is 0 Å². The Morgan fingerprint density at radius 2 is 1.83 bits per heavy atom. The van der Waals surface area contributed by atoms with E-state index >= 15 is 0 Å². The van der Waals surface area contributed by atoms with Gasteiger partial charge in [0.05, 0.1) is 6.10 Å². The van der Waals surface area contributed by atoms with Crippen molar-refractivity contribution in [3.63, 3.8) is 0 Å². The molecular formula is C3H9IMgO. The van der Waals surface area contributed by atoms with E-state index in [1.54, 1.807) is 0 Å². The molecule has 0 aliphatic heterocycles. The molecule has 0 fully saturated rings. The summed E-state index contributed by atoms with van der Waals surface area (Å²) < 4.78 is 4.72. The van der Waals surface area contributed by atoms with Crippen LogP contribution in [0.3, 0.4) is 0 Å². The first-order valence-electron chi connectivity index (χ1n) is 1.54. The van der Waals surface area contributed by atoms with Gasteiger partial charge in [0.15, 0.2) is 0 Å². The van der Waals surface area contributed by atoms with Crippen molar-refractivity contribution in [2.24, 2.45) is 0 Å². The van der Waals surface area contributed by atoms with Gasteiger partial charge in [-0.1, -0.05) is 0 Å². The zero-order chi connectivity index (χ0) is 4.28. The average Bonchev–Trinajstić information content (AvgIpc) is 1.38. The second-order valence-electron chi connectivity index (χ2n) is 1.14. The molecule has 0 aromatic heterocycles. The standard InChI is InChI=1S/C3H7IO.Mg.2H/c1-3(2)5-4;;;/h3H,1-2H3;;;/q;+2;2*-1. The molecule has 0 unspecified atom stereocenters. The van der Waals surface area contributed by atoms with Crippen molar-refractivity contribution in [2.45, 2.75) is 20.0 Å². The molecule has 0 aliphatic carbocycles. The van der Waals surface area contributed by atoms with Crippen molar-refractivity contribution in [3.8, 4) is 0 Å². The number of rotatable bonds is 1. The quantitative estimate of drug-likeness (QED) is 0.474. The maximum atomic E-state index is 4.72. The van der Waals surface area contributed by atoms with Gasteiger partial charge in [0.2, 0.25) is 0 Å². The van der Waals surface area contributed by atoms with Gasteiger partial charge < -0.3 is 5.92 Å². The first kappa shape index (κ1) is 10.4. The third-order valence-electron chi connectivity index (χ3n) is 0.178. The molecule has 0 aromatic rings. The van der Waals surface area contributed by atoms with E-state index in [0.29, 0.717) is 6.10 Å². The van der Waals surface area contributed by atoms with E-state index in [4.69, 9.17) is 3.07 Å². The van der Waals surface area contributed by atoms with Gasteiger partial charge in [0.1, 0.15) is 23.0 Å². The molecular weight excluding hydrogens is 203 g/mol. The normalized spacial score (nSPS) is 8.00. The molecule has 0 aliphatic rings. The summed E-state index contributed by atoms with van der Waals surface area (Å²) in [6.45, 7) is 3.98. The summed E-state index contributed by atoms with van der Waals surface area (Å²) in [5.41, 5.74) is 0. The summed E-state index contributed by atoms with van der Waals surface area (Å²) in [7, 11) is 0. The molecule has 0 spiro atoms. The average molecular weight is 212 g/mol. The fourth-order valence-electron chi connectivity index (χ4n) is 0. The Morgan fingerprint density at radius 1 is 1.67 bits per heavy atom. The molecule has 0 amide bonds. The minimum atomic E-state index is 0. The summed E-state index contributed by atoms with van der Waals surface area (Å²) in [5.74, 6) is 0. The molecule has 0 atom stereocenters. The maximum Gasteiger partial charge on any atom is 2.00 e. The van der Waals surface area contributed by atoms with Crippen molar-refractivity contribution < 1.29 is 5.92 Å². The minimum Gasteiger partial charge on any atom is -1.00 e. The molecule has 0 saturated heterocycles. The van der Waals surface area contributed by atoms with Gasteiger partial charge in [-0.15, -0.1) is 0 Å². The Bertz CT molecular complexity index is 31.2. The van der Waals surface area contributed by atoms with Crippen molar-refractivity contribution in [2.75, 3.05) is 0 Å². The van der Waals surface area contributed by atoms with Crippen molar-refractivity contribution in [1.29, 1.82) is 0 Å². The zero-order valence-electron chi connectivity index (χ0n) is 6.07. The van der Waals surface area contributed by atoms with Crippen LogP contribution in [0.4, 0.5) is 0 Å². The van der Waals surface area contributed by atoms with Crippen LogP contribution in [0.2, 0.25) is 0 Å². The predicted molar refractivity (Wildman–Crippen MR) is 38.2 cm³/mol. The largest absolute Gasteiger partial charge is 2.00 e. The van der Waals surface area contributed by atoms with E-state index in [1.165, 1.54) is 0 Å². The Labute approximate surface area is 71.6 Å². The molecule has 0 bridgehead atoms. The van der Waals surface area contributed by atoms with E-state index in [2.05, 4.69) is 0 Å². The second-order valence-corrected chi connectivity index (χ2v) is 1.65. The van der Waals surface area contributed by atoms with Crippen molar-refractivity contribution >= 4 is 46.1 Å². The van der Waals surface area contributed by atoms with Crippen LogP contribution >= 0.6 is 23.0 Å². The fraction of sp³-hybridized carbons (Fsp3) is 1.00. The summed E-state index contributed by atoms with van der Waals surface area (Å²) in [6, 6.07) is 0. The van der Waals surface area contributed by atoms with Crippen LogP contribution in [-0.2, 0) is 3.07 Å². The molecule has 0 heterocycles. The zero-order valence-corrected chi connectivity index (χ0v) is 7.64. The monoisotopic (exact) mass is 212 g/mol. The van der Waals surface area contributed by atoms with E-state index in [-0.39, 0.29) is 25.9 Å². The van der Waals surface area contributed by atoms with Crippen LogP contribution in [0.1, 0.15) is 16.7 Å². The van der Waals surface area contributed by atoms with E-state index in [1.807, 2.05) is 36.9 Å². The molecule has 36 valence electrons. The third kappa shape index (κ3) is 9.07. The van der Waals surface area contributed by atoms with Gasteiger partial charge in [-0.2, -0.15) is 0 Å². The predicted octanol–water partition coefficient (Wildman–Crippen LogP) is 1.61. The van der Waals surface area contributed by atoms with Crippen LogP contribution in [0.15, 0.2) is 0 Å². The van der Waals surface area contributed by atoms with Crippen LogP contribution < -0.4 is 0 Å². The van der Waals surface area contributed by atoms with Crippen molar-refractivity contribution in [1.82, 2.24) is 0 Å². The molecule has 0 saturated carbocycles. The molecule has 3 heteroatoms. The second kappa shape index (κ2) is 6.46. The maximum absolute atomic E-state index is 4.72. The molecule has 0 N–H and O–H groups in total. The molecule has 1 nitrogen and oxygen atoms in total. The van der Waals surface area contributed by atoms with E-state index in [9.17, 15) is 0 Å². The number of hydrogen-bond acceptors (Lipinski definition) is 1. The molecule has 0 radical (unpaired) electrons. The SMILES string of the molecule is CC(C)OI.[H-].[H-].[Mg+2]. The van der Waals surface area contributed by atoms with E-state index in [0.717, 1.165) is 0 Å². The van der Waals surface area contributed by atoms with Crippen LogP contribution in [0.5, 0.6) is 0 Å². The van der Waals surface area contributed by atoms with Crippen LogP contribution in [0.25, 0.3) is 0 Å². The number of hydrogen-bond donors (Lipinski definition) is 0. The number of halogens is 1. The van der Waals surface area contributed by atoms with Crippen molar-refractivity contribution in [3.05, 3.63) is 0 Å². The Morgan fingerprint density at radius 3 is 1.83 bits per heavy atom. The molecule has 0 aromatic carbocycles. The van der Waals surface area contributed by atoms with Gasteiger partial charge in [-0.3, -0.25) is 0 Å². The van der Waals surface area contributed by atoms with Crippen LogP contribution in [-0.4, -0.2) is 29.2 Å². The minimum absolute atomic E-state index is 0. The summed E-state index contributed by atoms with van der Waals surface area (Å²) >= 11 is 1.88. The van der Waals surface area contributed by atoms with Gasteiger partial charge in [0, 0.05) is 0 Å². The fourth-order valence-corrected chi connectivity index (χ4v) is 0. The van der Waals surface area contributed by atoms with Gasteiger partial charge in [0.25, 0.3) is 0 Å². The van der Waals surface area contributed by atoms with Crippen LogP contribution in [0, 0.1) is 0 Å². The summed E-state index contributed by atoms with van der Waals surface area (Å²) in [6.07, 6.45) is 0.371. The smallest absolute Gasteiger partial charge is 1.00 e. The Balaban J connectivity index is -0.0000000267. The first-order valence-corrected chi connectivity index (χ1v) is 2.43. The summed E-state index contributed by atoms with van der Waals surface area (Å²) in [5, 5.41) is 0. The van der Waals surface area contributed by atoms with Gasteiger partial charge in [-0.25, -0.2) is 0 Å². The molecule has 6 heavy (non-hydrogen) atoms.